The maximum Gasteiger partial charge on any atom is 0.294 e. The molecule has 11 heteroatoms. The Morgan fingerprint density at radius 1 is 1.08 bits per heavy atom. The maximum absolute atomic E-state index is 12.9. The van der Waals surface area contributed by atoms with E-state index in [1.165, 1.54) is 7.11 Å². The Morgan fingerprint density at radius 2 is 1.84 bits per heavy atom. The molecule has 0 aliphatic carbocycles. The molecule has 200 valence electrons. The third-order valence-electron chi connectivity index (χ3n) is 6.03. The Morgan fingerprint density at radius 3 is 2.55 bits per heavy atom. The van der Waals surface area contributed by atoms with E-state index in [1.807, 2.05) is 32.0 Å². The molecule has 0 unspecified atom stereocenters. The van der Waals surface area contributed by atoms with Crippen molar-refractivity contribution in [2.45, 2.75) is 13.8 Å². The quantitative estimate of drug-likeness (QED) is 0.509. The van der Waals surface area contributed by atoms with Crippen molar-refractivity contribution >= 4 is 46.5 Å². The van der Waals surface area contributed by atoms with E-state index in [0.717, 1.165) is 27.8 Å². The molecule has 0 saturated carbocycles. The molecular weight excluding hydrogens is 510 g/mol. The van der Waals surface area contributed by atoms with E-state index in [-0.39, 0.29) is 29.9 Å². The molecular formula is C27H29N3O7S. The summed E-state index contributed by atoms with van der Waals surface area (Å²) >= 11 is 0.778. The zero-order valence-corrected chi connectivity index (χ0v) is 22.3. The van der Waals surface area contributed by atoms with Crippen LogP contribution in [0.3, 0.4) is 0 Å². The predicted molar refractivity (Wildman–Crippen MR) is 143 cm³/mol. The molecule has 38 heavy (non-hydrogen) atoms. The minimum Gasteiger partial charge on any atom is -0.493 e. The Balaban J connectivity index is 1.38. The van der Waals surface area contributed by atoms with E-state index >= 15 is 0 Å². The normalized spacial score (nSPS) is 16.7. The molecule has 1 N–H and O–H groups in total. The summed E-state index contributed by atoms with van der Waals surface area (Å²) in [5.41, 5.74) is 3.37. The smallest absolute Gasteiger partial charge is 0.294 e. The van der Waals surface area contributed by atoms with Gasteiger partial charge in [0, 0.05) is 18.8 Å². The van der Waals surface area contributed by atoms with Crippen molar-refractivity contribution in [2.75, 3.05) is 51.9 Å². The van der Waals surface area contributed by atoms with E-state index in [2.05, 4.69) is 5.32 Å². The number of carbonyl (C=O) groups is 4. The van der Waals surface area contributed by atoms with Gasteiger partial charge < -0.3 is 24.4 Å². The van der Waals surface area contributed by atoms with Crippen LogP contribution in [0.2, 0.25) is 0 Å². The molecule has 10 nitrogen and oxygen atoms in total. The van der Waals surface area contributed by atoms with Crippen LogP contribution in [-0.2, 0) is 19.1 Å². The zero-order valence-electron chi connectivity index (χ0n) is 21.4. The predicted octanol–water partition coefficient (Wildman–Crippen LogP) is 3.22. The van der Waals surface area contributed by atoms with Gasteiger partial charge in [0.15, 0.2) is 18.1 Å². The third kappa shape index (κ3) is 6.53. The highest BCUT2D eigenvalue weighted by molar-refractivity contribution is 8.18. The number of rotatable bonds is 8. The summed E-state index contributed by atoms with van der Waals surface area (Å²) < 4.78 is 16.3. The van der Waals surface area contributed by atoms with Gasteiger partial charge in [0.25, 0.3) is 17.1 Å². The van der Waals surface area contributed by atoms with E-state index < -0.39 is 11.1 Å². The second kappa shape index (κ2) is 12.1. The standard InChI is InChI=1S/C27H29N3O7S/c1-17-4-6-20(18(2)12-17)28-24(31)16-37-21-7-5-19(13-22(21)35-3)14-23-26(33)30(27(34)38-23)15-25(32)29-8-10-36-11-9-29/h4-7,12-14H,8-11,15-16H2,1-3H3,(H,28,31)/b23-14-. The zero-order chi connectivity index (χ0) is 27.2. The Kier molecular flexibility index (Phi) is 8.70. The number of thioether (sulfide) groups is 1. The summed E-state index contributed by atoms with van der Waals surface area (Å²) in [6.07, 6.45) is 1.56. The molecule has 2 aromatic rings. The van der Waals surface area contributed by atoms with Crippen LogP contribution >= 0.6 is 11.8 Å². The lowest BCUT2D eigenvalue weighted by Gasteiger charge is -2.28. The van der Waals surface area contributed by atoms with Crippen LogP contribution in [0.5, 0.6) is 11.5 Å². The molecule has 2 aliphatic rings. The van der Waals surface area contributed by atoms with E-state index in [9.17, 15) is 19.2 Å². The van der Waals surface area contributed by atoms with Crippen molar-refractivity contribution in [1.29, 1.82) is 0 Å². The number of nitrogens with zero attached hydrogens (tertiary/aromatic N) is 2. The fourth-order valence-corrected chi connectivity index (χ4v) is 4.85. The van der Waals surface area contributed by atoms with Crippen LogP contribution in [0.15, 0.2) is 41.3 Å². The van der Waals surface area contributed by atoms with Gasteiger partial charge in [0.1, 0.15) is 6.54 Å². The molecule has 0 spiro atoms. The molecule has 2 heterocycles. The van der Waals surface area contributed by atoms with Crippen LogP contribution in [-0.4, -0.2) is 79.3 Å². The van der Waals surface area contributed by atoms with E-state index in [4.69, 9.17) is 14.2 Å². The van der Waals surface area contributed by atoms with Gasteiger partial charge in [-0.25, -0.2) is 0 Å². The first-order valence-corrected chi connectivity index (χ1v) is 12.9. The summed E-state index contributed by atoms with van der Waals surface area (Å²) in [5.74, 6) is -0.418. The topological polar surface area (TPSA) is 114 Å². The summed E-state index contributed by atoms with van der Waals surface area (Å²) in [6.45, 7) is 5.12. The number of ether oxygens (including phenoxy) is 3. The number of anilines is 1. The van der Waals surface area contributed by atoms with Crippen molar-refractivity contribution in [1.82, 2.24) is 9.80 Å². The van der Waals surface area contributed by atoms with Crippen molar-refractivity contribution in [3.8, 4) is 11.5 Å². The number of hydrogen-bond donors (Lipinski definition) is 1. The monoisotopic (exact) mass is 539 g/mol. The van der Waals surface area contributed by atoms with Crippen LogP contribution in [0.25, 0.3) is 6.08 Å². The molecule has 2 aromatic carbocycles. The first-order chi connectivity index (χ1) is 18.2. The number of morpholine rings is 1. The van der Waals surface area contributed by atoms with Gasteiger partial charge in [-0.05, 0) is 61.0 Å². The molecule has 0 bridgehead atoms. The molecule has 4 rings (SSSR count). The molecule has 0 radical (unpaired) electrons. The van der Waals surface area contributed by atoms with E-state index in [0.29, 0.717) is 49.1 Å². The first kappa shape index (κ1) is 27.2. The molecule has 0 aromatic heterocycles. The van der Waals surface area contributed by atoms with Crippen molar-refractivity contribution in [3.63, 3.8) is 0 Å². The summed E-state index contributed by atoms with van der Waals surface area (Å²) in [7, 11) is 1.47. The molecule has 2 fully saturated rings. The molecule has 2 saturated heterocycles. The number of hydrogen-bond acceptors (Lipinski definition) is 8. The average Bonchev–Trinajstić information content (AvgIpc) is 3.17. The fraction of sp³-hybridized carbons (Fsp3) is 0.333. The minimum atomic E-state index is -0.524. The lowest BCUT2D eigenvalue weighted by atomic mass is 10.1. The number of carbonyl (C=O) groups excluding carboxylic acids is 4. The number of aryl methyl sites for hydroxylation is 2. The first-order valence-electron chi connectivity index (χ1n) is 12.0. The van der Waals surface area contributed by atoms with Crippen LogP contribution in [0.1, 0.15) is 16.7 Å². The van der Waals surface area contributed by atoms with Crippen LogP contribution < -0.4 is 14.8 Å². The summed E-state index contributed by atoms with van der Waals surface area (Å²) in [6, 6.07) is 10.7. The van der Waals surface area contributed by atoms with Gasteiger partial charge in [-0.15, -0.1) is 0 Å². The number of benzene rings is 2. The minimum absolute atomic E-state index is 0.202. The Hall–Kier alpha value is -3.83. The average molecular weight is 540 g/mol. The van der Waals surface area contributed by atoms with Gasteiger partial charge >= 0.3 is 0 Å². The second-order valence-corrected chi connectivity index (χ2v) is 9.82. The highest BCUT2D eigenvalue weighted by Gasteiger charge is 2.37. The lowest BCUT2D eigenvalue weighted by molar-refractivity contribution is -0.139. The van der Waals surface area contributed by atoms with Gasteiger partial charge in [-0.1, -0.05) is 23.8 Å². The maximum atomic E-state index is 12.9. The third-order valence-corrected chi connectivity index (χ3v) is 6.94. The summed E-state index contributed by atoms with van der Waals surface area (Å²) in [4.78, 5) is 52.9. The Labute approximate surface area is 224 Å². The van der Waals surface area contributed by atoms with Gasteiger partial charge in [-0.2, -0.15) is 0 Å². The van der Waals surface area contributed by atoms with Crippen LogP contribution in [0.4, 0.5) is 10.5 Å². The highest BCUT2D eigenvalue weighted by Crippen LogP contribution is 2.34. The molecule has 2 aliphatic heterocycles. The van der Waals surface area contributed by atoms with Crippen molar-refractivity contribution < 1.29 is 33.4 Å². The van der Waals surface area contributed by atoms with Crippen molar-refractivity contribution in [2.24, 2.45) is 0 Å². The van der Waals surface area contributed by atoms with Crippen LogP contribution in [0, 0.1) is 13.8 Å². The van der Waals surface area contributed by atoms with Gasteiger partial charge in [0.05, 0.1) is 25.2 Å². The van der Waals surface area contributed by atoms with Gasteiger partial charge in [0.2, 0.25) is 5.91 Å². The fourth-order valence-electron chi connectivity index (χ4n) is 4.01. The molecule has 0 atom stereocenters. The Bertz CT molecular complexity index is 1290. The number of nitrogens with one attached hydrogen (secondary N) is 1. The van der Waals surface area contributed by atoms with E-state index in [1.54, 1.807) is 29.2 Å². The largest absolute Gasteiger partial charge is 0.493 e. The number of methoxy groups -OCH3 is 1. The lowest BCUT2D eigenvalue weighted by Crippen LogP contribution is -2.46. The van der Waals surface area contributed by atoms with Crippen molar-refractivity contribution in [3.05, 3.63) is 58.0 Å². The number of amides is 4. The van der Waals surface area contributed by atoms with Gasteiger partial charge in [-0.3, -0.25) is 24.1 Å². The second-order valence-electron chi connectivity index (χ2n) is 8.83. The number of imide groups is 1. The molecule has 4 amide bonds. The SMILES string of the molecule is COc1cc(/C=C2\SC(=O)N(CC(=O)N3CCOCC3)C2=O)ccc1OCC(=O)Nc1ccc(C)cc1C. The summed E-state index contributed by atoms with van der Waals surface area (Å²) in [5, 5.41) is 2.33. The highest BCUT2D eigenvalue weighted by atomic mass is 32.2.